The first-order valence-electron chi connectivity index (χ1n) is 3.58. The van der Waals surface area contributed by atoms with Crippen molar-refractivity contribution in [1.82, 2.24) is 0 Å². The molecule has 12 heavy (non-hydrogen) atoms. The maximum atomic E-state index is 4.92. The fourth-order valence-electron chi connectivity index (χ4n) is 0.688. The highest BCUT2D eigenvalue weighted by Gasteiger charge is 2.01. The van der Waals surface area contributed by atoms with Crippen molar-refractivity contribution in [2.45, 2.75) is 12.6 Å². The van der Waals surface area contributed by atoms with E-state index in [1.165, 1.54) is 0 Å². The molecular formula is C8H16O4. The van der Waals surface area contributed by atoms with E-state index >= 15 is 0 Å². The van der Waals surface area contributed by atoms with Crippen molar-refractivity contribution in [3.8, 4) is 0 Å². The van der Waals surface area contributed by atoms with Crippen LogP contribution in [-0.4, -0.2) is 41.0 Å². The minimum absolute atomic E-state index is 0.349. The summed E-state index contributed by atoms with van der Waals surface area (Å²) < 4.78 is 19.7. The molecule has 0 N–H and O–H groups in total. The number of rotatable bonds is 6. The smallest absolute Gasteiger partial charge is 0.176 e. The molecule has 0 aliphatic heterocycles. The zero-order valence-electron chi connectivity index (χ0n) is 7.94. The molecule has 0 radical (unpaired) electrons. The first-order valence-corrected chi connectivity index (χ1v) is 3.58. The fourth-order valence-corrected chi connectivity index (χ4v) is 0.688. The molecule has 0 aromatic heterocycles. The topological polar surface area (TPSA) is 36.9 Å². The monoisotopic (exact) mass is 176 g/mol. The van der Waals surface area contributed by atoms with E-state index in [9.17, 15) is 0 Å². The molecule has 0 saturated carbocycles. The zero-order valence-corrected chi connectivity index (χ0v) is 7.94. The Labute approximate surface area is 73.1 Å². The van der Waals surface area contributed by atoms with Crippen molar-refractivity contribution in [3.05, 3.63) is 12.2 Å². The number of hydrogen-bond acceptors (Lipinski definition) is 4. The minimum atomic E-state index is -0.349. The van der Waals surface area contributed by atoms with Crippen molar-refractivity contribution >= 4 is 0 Å². The van der Waals surface area contributed by atoms with Gasteiger partial charge in [0.1, 0.15) is 0 Å². The quantitative estimate of drug-likeness (QED) is 0.442. The molecule has 0 amide bonds. The first-order chi connectivity index (χ1) is 5.78. The lowest BCUT2D eigenvalue weighted by molar-refractivity contribution is -0.0789. The Kier molecular flexibility index (Phi) is 6.99. The molecular weight excluding hydrogens is 160 g/mol. The number of ether oxygens (including phenoxy) is 4. The summed E-state index contributed by atoms with van der Waals surface area (Å²) in [5.74, 6) is 0. The van der Waals surface area contributed by atoms with E-state index in [4.69, 9.17) is 18.9 Å². The predicted molar refractivity (Wildman–Crippen MR) is 44.8 cm³/mol. The van der Waals surface area contributed by atoms with Crippen LogP contribution >= 0.6 is 0 Å². The molecule has 0 saturated heterocycles. The predicted octanol–water partition coefficient (Wildman–Crippen LogP) is 0.780. The lowest BCUT2D eigenvalue weighted by atomic mass is 10.4. The SMILES string of the molecule is COC(C=CC(OC)OC)OC. The fraction of sp³-hybridized carbons (Fsp3) is 0.750. The highest BCUT2D eigenvalue weighted by atomic mass is 16.7. The molecule has 0 aliphatic rings. The molecule has 4 nitrogen and oxygen atoms in total. The summed E-state index contributed by atoms with van der Waals surface area (Å²) in [6.45, 7) is 0. The van der Waals surface area contributed by atoms with E-state index in [1.54, 1.807) is 40.6 Å². The summed E-state index contributed by atoms with van der Waals surface area (Å²) in [7, 11) is 6.25. The van der Waals surface area contributed by atoms with Crippen molar-refractivity contribution in [1.29, 1.82) is 0 Å². The van der Waals surface area contributed by atoms with E-state index in [-0.39, 0.29) is 12.6 Å². The summed E-state index contributed by atoms with van der Waals surface area (Å²) in [4.78, 5) is 0. The molecule has 0 unspecified atom stereocenters. The lowest BCUT2D eigenvalue weighted by Gasteiger charge is -2.11. The Hall–Kier alpha value is -0.420. The second-order valence-corrected chi connectivity index (χ2v) is 2.06. The molecule has 72 valence electrons. The Morgan fingerprint density at radius 3 is 1.08 bits per heavy atom. The average molecular weight is 176 g/mol. The van der Waals surface area contributed by atoms with Crippen molar-refractivity contribution in [2.75, 3.05) is 28.4 Å². The molecule has 4 heteroatoms. The Balaban J connectivity index is 3.83. The average Bonchev–Trinajstić information content (AvgIpc) is 2.13. The van der Waals surface area contributed by atoms with Gasteiger partial charge in [0.05, 0.1) is 0 Å². The van der Waals surface area contributed by atoms with Gasteiger partial charge in [0.15, 0.2) is 12.6 Å². The lowest BCUT2D eigenvalue weighted by Crippen LogP contribution is -2.13. The molecule has 0 spiro atoms. The Morgan fingerprint density at radius 2 is 0.917 bits per heavy atom. The van der Waals surface area contributed by atoms with Crippen molar-refractivity contribution in [2.24, 2.45) is 0 Å². The van der Waals surface area contributed by atoms with Crippen molar-refractivity contribution < 1.29 is 18.9 Å². The van der Waals surface area contributed by atoms with Crippen LogP contribution in [0.1, 0.15) is 0 Å². The summed E-state index contributed by atoms with van der Waals surface area (Å²) in [6, 6.07) is 0. The zero-order chi connectivity index (χ0) is 9.40. The standard InChI is InChI=1S/C8H16O4/c1-9-7(10-2)5-6-8(11-3)12-4/h5-8H,1-4H3. The second-order valence-electron chi connectivity index (χ2n) is 2.06. The van der Waals surface area contributed by atoms with E-state index < -0.39 is 0 Å². The third kappa shape index (κ3) is 4.46. The largest absolute Gasteiger partial charge is 0.352 e. The Bertz CT molecular complexity index is 102. The van der Waals surface area contributed by atoms with Crippen LogP contribution in [0.4, 0.5) is 0 Å². The molecule has 0 atom stereocenters. The van der Waals surface area contributed by atoms with Gasteiger partial charge in [-0.15, -0.1) is 0 Å². The third-order valence-corrected chi connectivity index (χ3v) is 1.35. The van der Waals surface area contributed by atoms with Crippen LogP contribution in [0.15, 0.2) is 12.2 Å². The van der Waals surface area contributed by atoms with Gasteiger partial charge in [-0.2, -0.15) is 0 Å². The maximum Gasteiger partial charge on any atom is 0.176 e. The first kappa shape index (κ1) is 11.6. The van der Waals surface area contributed by atoms with Crippen LogP contribution in [0.5, 0.6) is 0 Å². The molecule has 0 bridgehead atoms. The van der Waals surface area contributed by atoms with Gasteiger partial charge < -0.3 is 18.9 Å². The maximum absolute atomic E-state index is 4.92. The normalized spacial score (nSPS) is 12.2. The van der Waals surface area contributed by atoms with Crippen molar-refractivity contribution in [3.63, 3.8) is 0 Å². The molecule has 0 aliphatic carbocycles. The van der Waals surface area contributed by atoms with Crippen LogP contribution in [-0.2, 0) is 18.9 Å². The van der Waals surface area contributed by atoms with Gasteiger partial charge >= 0.3 is 0 Å². The molecule has 0 aromatic rings. The van der Waals surface area contributed by atoms with Gasteiger partial charge in [0.2, 0.25) is 0 Å². The Morgan fingerprint density at radius 1 is 0.667 bits per heavy atom. The molecule has 0 fully saturated rings. The van der Waals surface area contributed by atoms with E-state index in [0.717, 1.165) is 0 Å². The summed E-state index contributed by atoms with van der Waals surface area (Å²) >= 11 is 0. The molecule has 0 heterocycles. The van der Waals surface area contributed by atoms with Gasteiger partial charge in [0.25, 0.3) is 0 Å². The van der Waals surface area contributed by atoms with Crippen LogP contribution in [0.3, 0.4) is 0 Å². The third-order valence-electron chi connectivity index (χ3n) is 1.35. The number of methoxy groups -OCH3 is 4. The number of hydrogen-bond donors (Lipinski definition) is 0. The highest BCUT2D eigenvalue weighted by molar-refractivity contribution is 4.87. The van der Waals surface area contributed by atoms with Gasteiger partial charge in [-0.3, -0.25) is 0 Å². The van der Waals surface area contributed by atoms with Gasteiger partial charge in [0, 0.05) is 28.4 Å². The minimum Gasteiger partial charge on any atom is -0.352 e. The van der Waals surface area contributed by atoms with E-state index in [0.29, 0.717) is 0 Å². The summed E-state index contributed by atoms with van der Waals surface area (Å²) in [6.07, 6.45) is 2.74. The van der Waals surface area contributed by atoms with Gasteiger partial charge in [-0.25, -0.2) is 0 Å². The van der Waals surface area contributed by atoms with Crippen LogP contribution in [0, 0.1) is 0 Å². The summed E-state index contributed by atoms with van der Waals surface area (Å²) in [5.41, 5.74) is 0. The van der Waals surface area contributed by atoms with Gasteiger partial charge in [-0.1, -0.05) is 0 Å². The van der Waals surface area contributed by atoms with Crippen LogP contribution in [0.2, 0.25) is 0 Å². The summed E-state index contributed by atoms with van der Waals surface area (Å²) in [5, 5.41) is 0. The van der Waals surface area contributed by atoms with Crippen LogP contribution in [0.25, 0.3) is 0 Å². The second kappa shape index (κ2) is 7.24. The van der Waals surface area contributed by atoms with E-state index in [2.05, 4.69) is 0 Å². The van der Waals surface area contributed by atoms with E-state index in [1.807, 2.05) is 0 Å². The molecule has 0 rings (SSSR count). The molecule has 0 aromatic carbocycles. The van der Waals surface area contributed by atoms with Crippen LogP contribution < -0.4 is 0 Å². The highest BCUT2D eigenvalue weighted by Crippen LogP contribution is 1.98. The van der Waals surface area contributed by atoms with Gasteiger partial charge in [-0.05, 0) is 12.2 Å².